The number of nitrogens with zero attached hydrogens (tertiary/aromatic N) is 2. The van der Waals surface area contributed by atoms with Gasteiger partial charge in [0.1, 0.15) is 0 Å². The van der Waals surface area contributed by atoms with Crippen LogP contribution in [-0.4, -0.2) is 16.0 Å². The fraction of sp³-hybridized carbons (Fsp3) is 0.0833. The van der Waals surface area contributed by atoms with Crippen molar-refractivity contribution in [3.8, 4) is 0 Å². The average molecular weight is 463 g/mol. The number of benzene rings is 3. The Bertz CT molecular complexity index is 1050. The van der Waals surface area contributed by atoms with E-state index in [1.54, 1.807) is 4.90 Å². The van der Waals surface area contributed by atoms with Crippen LogP contribution in [0.2, 0.25) is 0 Å². The van der Waals surface area contributed by atoms with E-state index in [0.717, 1.165) is 26.3 Å². The predicted octanol–water partition coefficient (Wildman–Crippen LogP) is 6.12. The van der Waals surface area contributed by atoms with Crippen LogP contribution in [0.25, 0.3) is 6.08 Å². The lowest BCUT2D eigenvalue weighted by atomic mass is 10.2. The quantitative estimate of drug-likeness (QED) is 0.427. The Morgan fingerprint density at radius 3 is 2.14 bits per heavy atom. The van der Waals surface area contributed by atoms with Gasteiger partial charge in [-0.2, -0.15) is 0 Å². The Labute approximate surface area is 183 Å². The van der Waals surface area contributed by atoms with Crippen LogP contribution in [0.4, 0.5) is 0 Å². The zero-order valence-corrected chi connectivity index (χ0v) is 18.1. The molecular formula is C24H19BrN2OS. The molecule has 0 saturated carbocycles. The second kappa shape index (κ2) is 9.25. The standard InChI is InChI=1S/C24H19BrN2OS/c25-21-13-11-18(12-14-21)15-22-23(28)27(17-20-9-5-2-6-10-20)24(29-22)26-16-19-7-3-1-4-8-19/h1-15H,16-17H2. The maximum absolute atomic E-state index is 13.1. The minimum absolute atomic E-state index is 0.00594. The van der Waals surface area contributed by atoms with E-state index in [0.29, 0.717) is 18.0 Å². The summed E-state index contributed by atoms with van der Waals surface area (Å²) in [6.07, 6.45) is 1.93. The minimum atomic E-state index is -0.00594. The molecule has 0 radical (unpaired) electrons. The number of halogens is 1. The number of carbonyl (C=O) groups excluding carboxylic acids is 1. The summed E-state index contributed by atoms with van der Waals surface area (Å²) in [5.74, 6) is -0.00594. The highest BCUT2D eigenvalue weighted by molar-refractivity contribution is 9.10. The van der Waals surface area contributed by atoms with Crippen molar-refractivity contribution in [2.45, 2.75) is 13.1 Å². The van der Waals surface area contributed by atoms with Gasteiger partial charge in [-0.05, 0) is 46.7 Å². The summed E-state index contributed by atoms with van der Waals surface area (Å²) in [6.45, 7) is 1.06. The Kier molecular flexibility index (Phi) is 6.27. The fourth-order valence-corrected chi connectivity index (χ4v) is 4.22. The van der Waals surface area contributed by atoms with Gasteiger partial charge in [0.2, 0.25) is 0 Å². The molecule has 1 heterocycles. The lowest BCUT2D eigenvalue weighted by Crippen LogP contribution is -2.28. The lowest BCUT2D eigenvalue weighted by Gasteiger charge is -2.15. The summed E-state index contributed by atoms with van der Waals surface area (Å²) in [5.41, 5.74) is 3.20. The summed E-state index contributed by atoms with van der Waals surface area (Å²) in [6, 6.07) is 28.0. The van der Waals surface area contributed by atoms with Gasteiger partial charge >= 0.3 is 0 Å². The van der Waals surface area contributed by atoms with E-state index >= 15 is 0 Å². The average Bonchev–Trinajstić information content (AvgIpc) is 3.04. The van der Waals surface area contributed by atoms with Crippen LogP contribution in [0.5, 0.6) is 0 Å². The summed E-state index contributed by atoms with van der Waals surface area (Å²) < 4.78 is 1.01. The van der Waals surface area contributed by atoms with Crippen molar-refractivity contribution < 1.29 is 4.79 Å². The highest BCUT2D eigenvalue weighted by Gasteiger charge is 2.33. The number of hydrogen-bond donors (Lipinski definition) is 0. The molecular weight excluding hydrogens is 444 g/mol. The van der Waals surface area contributed by atoms with E-state index in [-0.39, 0.29) is 5.91 Å². The van der Waals surface area contributed by atoms with E-state index in [9.17, 15) is 4.79 Å². The van der Waals surface area contributed by atoms with Gasteiger partial charge in [-0.25, -0.2) is 0 Å². The second-order valence-electron chi connectivity index (χ2n) is 6.62. The molecule has 0 N–H and O–H groups in total. The molecule has 29 heavy (non-hydrogen) atoms. The molecule has 0 atom stereocenters. The molecule has 0 aliphatic carbocycles. The second-order valence-corrected chi connectivity index (χ2v) is 8.55. The molecule has 1 fully saturated rings. The van der Waals surface area contributed by atoms with Crippen LogP contribution in [0.15, 0.2) is 99.3 Å². The third-order valence-electron chi connectivity index (χ3n) is 4.48. The zero-order chi connectivity index (χ0) is 20.1. The Balaban J connectivity index is 1.62. The molecule has 3 aromatic rings. The van der Waals surface area contributed by atoms with E-state index in [4.69, 9.17) is 4.99 Å². The number of carbonyl (C=O) groups is 1. The summed E-state index contributed by atoms with van der Waals surface area (Å²) in [7, 11) is 0. The summed E-state index contributed by atoms with van der Waals surface area (Å²) in [5, 5.41) is 0.742. The van der Waals surface area contributed by atoms with Crippen molar-refractivity contribution in [2.24, 2.45) is 4.99 Å². The van der Waals surface area contributed by atoms with Crippen molar-refractivity contribution in [1.29, 1.82) is 0 Å². The minimum Gasteiger partial charge on any atom is -0.282 e. The highest BCUT2D eigenvalue weighted by Crippen LogP contribution is 2.34. The van der Waals surface area contributed by atoms with Crippen LogP contribution < -0.4 is 0 Å². The molecule has 144 valence electrons. The van der Waals surface area contributed by atoms with E-state index in [2.05, 4.69) is 15.9 Å². The molecule has 4 rings (SSSR count). The molecule has 1 aliphatic rings. The Hall–Kier alpha value is -2.63. The molecule has 1 amide bonds. The van der Waals surface area contributed by atoms with Gasteiger partial charge in [0.05, 0.1) is 18.0 Å². The van der Waals surface area contributed by atoms with Crippen LogP contribution in [-0.2, 0) is 17.9 Å². The number of rotatable bonds is 5. The van der Waals surface area contributed by atoms with E-state index < -0.39 is 0 Å². The summed E-state index contributed by atoms with van der Waals surface area (Å²) in [4.78, 5) is 20.4. The third-order valence-corrected chi connectivity index (χ3v) is 6.05. The molecule has 0 bridgehead atoms. The van der Waals surface area contributed by atoms with Crippen LogP contribution in [0.3, 0.4) is 0 Å². The monoisotopic (exact) mass is 462 g/mol. The zero-order valence-electron chi connectivity index (χ0n) is 15.7. The van der Waals surface area contributed by atoms with Crippen molar-refractivity contribution in [3.63, 3.8) is 0 Å². The molecule has 0 unspecified atom stereocenters. The van der Waals surface area contributed by atoms with Crippen molar-refractivity contribution >= 4 is 44.8 Å². The number of thioether (sulfide) groups is 1. The first-order valence-corrected chi connectivity index (χ1v) is 10.9. The molecule has 0 spiro atoms. The smallest absolute Gasteiger partial charge is 0.267 e. The van der Waals surface area contributed by atoms with Gasteiger partial charge in [0.15, 0.2) is 5.17 Å². The number of amidine groups is 1. The molecule has 0 aromatic heterocycles. The van der Waals surface area contributed by atoms with E-state index in [1.807, 2.05) is 91.0 Å². The first kappa shape index (κ1) is 19.7. The maximum atomic E-state index is 13.1. The molecule has 1 saturated heterocycles. The Morgan fingerprint density at radius 2 is 1.48 bits per heavy atom. The first-order valence-electron chi connectivity index (χ1n) is 9.28. The highest BCUT2D eigenvalue weighted by atomic mass is 79.9. The van der Waals surface area contributed by atoms with Crippen LogP contribution >= 0.6 is 27.7 Å². The third kappa shape index (κ3) is 5.05. The summed E-state index contributed by atoms with van der Waals surface area (Å²) >= 11 is 4.89. The number of amides is 1. The van der Waals surface area contributed by atoms with Crippen LogP contribution in [0.1, 0.15) is 16.7 Å². The largest absolute Gasteiger partial charge is 0.282 e. The topological polar surface area (TPSA) is 32.7 Å². The fourth-order valence-electron chi connectivity index (χ4n) is 2.98. The van der Waals surface area contributed by atoms with Gasteiger partial charge in [0.25, 0.3) is 5.91 Å². The molecule has 3 aromatic carbocycles. The SMILES string of the molecule is O=C1C(=Cc2ccc(Br)cc2)SC(=NCc2ccccc2)N1Cc1ccccc1. The Morgan fingerprint density at radius 1 is 0.862 bits per heavy atom. The molecule has 5 heteroatoms. The van der Waals surface area contributed by atoms with Gasteiger partial charge in [-0.3, -0.25) is 14.7 Å². The number of hydrogen-bond acceptors (Lipinski definition) is 3. The van der Waals surface area contributed by atoms with Gasteiger partial charge in [0, 0.05) is 4.47 Å². The van der Waals surface area contributed by atoms with E-state index in [1.165, 1.54) is 11.8 Å². The van der Waals surface area contributed by atoms with Crippen molar-refractivity contribution in [1.82, 2.24) is 4.90 Å². The van der Waals surface area contributed by atoms with Gasteiger partial charge in [-0.1, -0.05) is 88.7 Å². The first-order chi connectivity index (χ1) is 14.2. The normalized spacial score (nSPS) is 16.7. The predicted molar refractivity (Wildman–Crippen MR) is 124 cm³/mol. The molecule has 1 aliphatic heterocycles. The maximum Gasteiger partial charge on any atom is 0.267 e. The van der Waals surface area contributed by atoms with Gasteiger partial charge < -0.3 is 0 Å². The van der Waals surface area contributed by atoms with Gasteiger partial charge in [-0.15, -0.1) is 0 Å². The van der Waals surface area contributed by atoms with Crippen molar-refractivity contribution in [3.05, 3.63) is 111 Å². The number of aliphatic imine (C=N–C) groups is 1. The molecule has 3 nitrogen and oxygen atoms in total. The van der Waals surface area contributed by atoms with Crippen LogP contribution in [0, 0.1) is 0 Å². The van der Waals surface area contributed by atoms with Crippen molar-refractivity contribution in [2.75, 3.05) is 0 Å². The lowest BCUT2D eigenvalue weighted by molar-refractivity contribution is -0.122.